The van der Waals surface area contributed by atoms with E-state index in [2.05, 4.69) is 20.6 Å². The summed E-state index contributed by atoms with van der Waals surface area (Å²) in [5, 5.41) is 9.99. The SMILES string of the molecule is Cc1noc(C(=O)NCc2c(C)noc2C)n1. The molecule has 2 rings (SSSR count). The van der Waals surface area contributed by atoms with E-state index in [1.807, 2.05) is 6.92 Å². The molecule has 0 aliphatic heterocycles. The summed E-state index contributed by atoms with van der Waals surface area (Å²) in [6.07, 6.45) is 0. The Bertz CT molecular complexity index is 524. The molecule has 2 aromatic rings. The van der Waals surface area contributed by atoms with Crippen LogP contribution in [0.4, 0.5) is 0 Å². The van der Waals surface area contributed by atoms with E-state index < -0.39 is 5.91 Å². The summed E-state index contributed by atoms with van der Waals surface area (Å²) < 4.78 is 9.73. The summed E-state index contributed by atoms with van der Waals surface area (Å²) in [7, 11) is 0. The standard InChI is InChI=1S/C10H12N4O3/c1-5-8(6(2)16-13-5)4-11-9(15)10-12-7(3)14-17-10/h4H2,1-3H3,(H,11,15). The van der Waals surface area contributed by atoms with E-state index in [1.54, 1.807) is 13.8 Å². The molecule has 0 radical (unpaired) electrons. The Kier molecular flexibility index (Phi) is 2.90. The summed E-state index contributed by atoms with van der Waals surface area (Å²) in [5.41, 5.74) is 1.61. The second-order valence-electron chi connectivity index (χ2n) is 3.63. The van der Waals surface area contributed by atoms with E-state index in [-0.39, 0.29) is 5.89 Å². The predicted molar refractivity (Wildman–Crippen MR) is 56.2 cm³/mol. The number of carbonyl (C=O) groups excluding carboxylic acids is 1. The van der Waals surface area contributed by atoms with E-state index in [4.69, 9.17) is 9.05 Å². The fourth-order valence-corrected chi connectivity index (χ4v) is 1.39. The zero-order valence-electron chi connectivity index (χ0n) is 9.77. The van der Waals surface area contributed by atoms with Crippen LogP contribution in [0.2, 0.25) is 0 Å². The quantitative estimate of drug-likeness (QED) is 0.851. The molecule has 0 aromatic carbocycles. The Hall–Kier alpha value is -2.18. The number of carbonyl (C=O) groups is 1. The summed E-state index contributed by atoms with van der Waals surface area (Å²) in [5.74, 6) is 0.650. The molecule has 2 aromatic heterocycles. The Labute approximate surface area is 97.2 Å². The van der Waals surface area contributed by atoms with Gasteiger partial charge < -0.3 is 14.4 Å². The Balaban J connectivity index is 2.02. The van der Waals surface area contributed by atoms with Gasteiger partial charge in [-0.1, -0.05) is 10.3 Å². The van der Waals surface area contributed by atoms with Crippen LogP contribution in [0.25, 0.3) is 0 Å². The highest BCUT2D eigenvalue weighted by atomic mass is 16.5. The van der Waals surface area contributed by atoms with E-state index in [0.717, 1.165) is 11.3 Å². The molecule has 0 aliphatic carbocycles. The van der Waals surface area contributed by atoms with Gasteiger partial charge in [0.15, 0.2) is 5.82 Å². The lowest BCUT2D eigenvalue weighted by molar-refractivity contribution is 0.0907. The number of aryl methyl sites for hydroxylation is 3. The molecule has 0 unspecified atom stereocenters. The third kappa shape index (κ3) is 2.32. The van der Waals surface area contributed by atoms with Gasteiger partial charge in [-0.05, 0) is 20.8 Å². The number of nitrogens with zero attached hydrogens (tertiary/aromatic N) is 3. The average Bonchev–Trinajstić information content (AvgIpc) is 2.84. The number of rotatable bonds is 3. The Morgan fingerprint density at radius 1 is 1.24 bits per heavy atom. The summed E-state index contributed by atoms with van der Waals surface area (Å²) >= 11 is 0. The first-order valence-electron chi connectivity index (χ1n) is 5.08. The lowest BCUT2D eigenvalue weighted by Gasteiger charge is -2.00. The van der Waals surface area contributed by atoms with Crippen LogP contribution in [0.15, 0.2) is 9.05 Å². The van der Waals surface area contributed by atoms with Crippen molar-refractivity contribution in [3.05, 3.63) is 28.7 Å². The molecule has 17 heavy (non-hydrogen) atoms. The van der Waals surface area contributed by atoms with E-state index >= 15 is 0 Å². The molecule has 0 fully saturated rings. The molecule has 0 spiro atoms. The van der Waals surface area contributed by atoms with E-state index in [1.165, 1.54) is 0 Å². The molecule has 0 saturated heterocycles. The molecule has 2 heterocycles. The minimum Gasteiger partial charge on any atom is -0.361 e. The summed E-state index contributed by atoms with van der Waals surface area (Å²) in [6, 6.07) is 0. The fourth-order valence-electron chi connectivity index (χ4n) is 1.39. The largest absolute Gasteiger partial charge is 0.361 e. The van der Waals surface area contributed by atoms with Crippen LogP contribution >= 0.6 is 0 Å². The van der Waals surface area contributed by atoms with Crippen LogP contribution in [-0.4, -0.2) is 21.2 Å². The first-order chi connectivity index (χ1) is 8.08. The monoisotopic (exact) mass is 236 g/mol. The molecule has 0 bridgehead atoms. The van der Waals surface area contributed by atoms with Crippen molar-refractivity contribution >= 4 is 5.91 Å². The Morgan fingerprint density at radius 3 is 2.53 bits per heavy atom. The molecule has 90 valence electrons. The van der Waals surface area contributed by atoms with Gasteiger partial charge in [-0.15, -0.1) is 0 Å². The molecule has 0 aliphatic rings. The topological polar surface area (TPSA) is 94.1 Å². The lowest BCUT2D eigenvalue weighted by atomic mass is 10.2. The van der Waals surface area contributed by atoms with Crippen molar-refractivity contribution in [2.24, 2.45) is 0 Å². The highest BCUT2D eigenvalue weighted by Gasteiger charge is 2.15. The molecule has 1 amide bonds. The van der Waals surface area contributed by atoms with Crippen molar-refractivity contribution in [3.63, 3.8) is 0 Å². The smallest absolute Gasteiger partial charge is 0.315 e. The molecular weight excluding hydrogens is 224 g/mol. The van der Waals surface area contributed by atoms with Gasteiger partial charge in [0.2, 0.25) is 0 Å². The molecule has 7 heteroatoms. The van der Waals surface area contributed by atoms with E-state index in [9.17, 15) is 4.79 Å². The van der Waals surface area contributed by atoms with Gasteiger partial charge in [0.25, 0.3) is 0 Å². The van der Waals surface area contributed by atoms with Crippen LogP contribution in [0.3, 0.4) is 0 Å². The van der Waals surface area contributed by atoms with Crippen molar-refractivity contribution in [2.45, 2.75) is 27.3 Å². The second kappa shape index (κ2) is 4.36. The number of amides is 1. The predicted octanol–water partition coefficient (Wildman–Crippen LogP) is 0.913. The summed E-state index contributed by atoms with van der Waals surface area (Å²) in [4.78, 5) is 15.4. The molecule has 1 N–H and O–H groups in total. The van der Waals surface area contributed by atoms with Gasteiger partial charge in [-0.25, -0.2) is 0 Å². The van der Waals surface area contributed by atoms with E-state index in [0.29, 0.717) is 18.1 Å². The number of hydrogen-bond acceptors (Lipinski definition) is 6. The number of aromatic nitrogens is 3. The zero-order chi connectivity index (χ0) is 12.4. The second-order valence-corrected chi connectivity index (χ2v) is 3.63. The van der Waals surface area contributed by atoms with Crippen molar-refractivity contribution in [3.8, 4) is 0 Å². The van der Waals surface area contributed by atoms with Crippen molar-refractivity contribution in [1.29, 1.82) is 0 Å². The van der Waals surface area contributed by atoms with Crippen LogP contribution in [0.5, 0.6) is 0 Å². The minimum absolute atomic E-state index is 0.0470. The van der Waals surface area contributed by atoms with Gasteiger partial charge in [0.05, 0.1) is 5.69 Å². The van der Waals surface area contributed by atoms with Gasteiger partial charge in [0.1, 0.15) is 5.76 Å². The maximum absolute atomic E-state index is 11.6. The normalized spacial score (nSPS) is 10.5. The zero-order valence-corrected chi connectivity index (χ0v) is 9.77. The van der Waals surface area contributed by atoms with Crippen molar-refractivity contribution < 1.29 is 13.8 Å². The van der Waals surface area contributed by atoms with Crippen LogP contribution in [0.1, 0.15) is 33.5 Å². The molecular formula is C10H12N4O3. The Morgan fingerprint density at radius 2 is 2.00 bits per heavy atom. The van der Waals surface area contributed by atoms with Crippen molar-refractivity contribution in [2.75, 3.05) is 0 Å². The third-order valence-corrected chi connectivity index (χ3v) is 2.33. The van der Waals surface area contributed by atoms with Gasteiger partial charge in [0, 0.05) is 12.1 Å². The average molecular weight is 236 g/mol. The van der Waals surface area contributed by atoms with Gasteiger partial charge >= 0.3 is 11.8 Å². The minimum atomic E-state index is -0.411. The highest BCUT2D eigenvalue weighted by molar-refractivity contribution is 5.89. The fraction of sp³-hybridized carbons (Fsp3) is 0.400. The van der Waals surface area contributed by atoms with Crippen LogP contribution in [0, 0.1) is 20.8 Å². The van der Waals surface area contributed by atoms with Crippen LogP contribution in [-0.2, 0) is 6.54 Å². The first kappa shape index (κ1) is 11.3. The molecule has 7 nitrogen and oxygen atoms in total. The third-order valence-electron chi connectivity index (χ3n) is 2.33. The summed E-state index contributed by atoms with van der Waals surface area (Å²) in [6.45, 7) is 5.57. The maximum Gasteiger partial charge on any atom is 0.315 e. The molecule has 0 atom stereocenters. The highest BCUT2D eigenvalue weighted by Crippen LogP contribution is 2.11. The van der Waals surface area contributed by atoms with Crippen molar-refractivity contribution in [1.82, 2.24) is 20.6 Å². The number of nitrogens with one attached hydrogen (secondary N) is 1. The maximum atomic E-state index is 11.6. The number of hydrogen-bond donors (Lipinski definition) is 1. The van der Waals surface area contributed by atoms with Gasteiger partial charge in [-0.3, -0.25) is 4.79 Å². The first-order valence-corrected chi connectivity index (χ1v) is 5.08. The van der Waals surface area contributed by atoms with Crippen LogP contribution < -0.4 is 5.32 Å². The molecule has 0 saturated carbocycles. The lowest BCUT2D eigenvalue weighted by Crippen LogP contribution is -2.23. The van der Waals surface area contributed by atoms with Gasteiger partial charge in [-0.2, -0.15) is 4.98 Å².